The second kappa shape index (κ2) is 22.4. The second-order valence-corrected chi connectivity index (χ2v) is 10.5. The van der Waals surface area contributed by atoms with E-state index in [1.807, 2.05) is 0 Å². The molecule has 0 bridgehead atoms. The summed E-state index contributed by atoms with van der Waals surface area (Å²) in [5.41, 5.74) is 0. The van der Waals surface area contributed by atoms with Crippen LogP contribution in [0.4, 0.5) is 0 Å². The van der Waals surface area contributed by atoms with E-state index in [0.717, 1.165) is 0 Å². The van der Waals surface area contributed by atoms with Gasteiger partial charge in [-0.3, -0.25) is 0 Å². The predicted molar refractivity (Wildman–Crippen MR) is 101 cm³/mol. The van der Waals surface area contributed by atoms with E-state index in [0.29, 0.717) is 12.8 Å². The third-order valence-electron chi connectivity index (χ3n) is 2.73. The Labute approximate surface area is 163 Å². The molecule has 0 rings (SSSR count). The number of hydrogen-bond donors (Lipinski definition) is 2. The number of thiol groups is 2. The molecule has 0 aromatic heterocycles. The fraction of sp³-hybridized carbons (Fsp3) is 0.875. The molecule has 2 atom stereocenters. The van der Waals surface area contributed by atoms with Crippen LogP contribution in [0.5, 0.6) is 0 Å². The minimum atomic E-state index is -1.09. The summed E-state index contributed by atoms with van der Waals surface area (Å²) in [5.74, 6) is -2.18. The van der Waals surface area contributed by atoms with Crippen LogP contribution in [-0.2, 0) is 9.59 Å². The first-order chi connectivity index (χ1) is 10.8. The molecule has 0 aromatic rings. The number of rotatable bonds is 10. The van der Waals surface area contributed by atoms with Gasteiger partial charge in [-0.2, -0.15) is 25.3 Å². The van der Waals surface area contributed by atoms with Crippen LogP contribution >= 0.6 is 25.3 Å². The minimum absolute atomic E-state index is 0.149. The number of carbonyl (C=O) groups is 2. The molecule has 136 valence electrons. The molecule has 4 nitrogen and oxygen atoms in total. The van der Waals surface area contributed by atoms with E-state index in [1.165, 1.54) is 25.7 Å². The Morgan fingerprint density at radius 2 is 1.13 bits per heavy atom. The van der Waals surface area contributed by atoms with E-state index in [1.54, 1.807) is 22.7 Å². The standard InChI is InChI=1S/2C4H8O2S.2C4H9.Sn/c2*1-2-3(7)4(5)6;2*1-3-4-2;/h2*3,7H,2H2,1H3,(H,5,6);2*1,3-4H2,2H3;/q;;;;+2/p-2. The van der Waals surface area contributed by atoms with Crippen molar-refractivity contribution in [3.8, 4) is 0 Å². The Kier molecular flexibility index (Phi) is 27.6. The molecule has 0 saturated heterocycles. The quantitative estimate of drug-likeness (QED) is 0.290. The van der Waals surface area contributed by atoms with Crippen LogP contribution in [0.1, 0.15) is 66.2 Å². The molecule has 0 aromatic carbocycles. The molecule has 0 heterocycles. The fourth-order valence-electron chi connectivity index (χ4n) is 1.06. The van der Waals surface area contributed by atoms with Crippen LogP contribution in [0, 0.1) is 0 Å². The number of aliphatic carboxylic acids is 2. The molecule has 0 aliphatic carbocycles. The molecule has 7 heteroatoms. The van der Waals surface area contributed by atoms with Crippen molar-refractivity contribution in [1.29, 1.82) is 0 Å². The Morgan fingerprint density at radius 1 is 0.826 bits per heavy atom. The Balaban J connectivity index is -0.000000264. The first kappa shape index (κ1) is 28.3. The first-order valence-corrected chi connectivity index (χ1v) is 13.3. The third-order valence-corrected chi connectivity index (χ3v) is 7.92. The summed E-state index contributed by atoms with van der Waals surface area (Å²) in [7, 11) is 0. The average molecular weight is 471 g/mol. The number of carboxylic acids is 2. The molecular formula is C16H32O4S2Sn. The van der Waals surface area contributed by atoms with Crippen molar-refractivity contribution in [1.82, 2.24) is 0 Å². The van der Waals surface area contributed by atoms with Crippen LogP contribution in [-0.4, -0.2) is 43.6 Å². The summed E-state index contributed by atoms with van der Waals surface area (Å²) < 4.78 is 3.25. The molecule has 0 aliphatic rings. The zero-order valence-electron chi connectivity index (χ0n) is 14.8. The summed E-state index contributed by atoms with van der Waals surface area (Å²) >= 11 is 7.48. The molecule has 0 amide bonds. The maximum absolute atomic E-state index is 9.74. The van der Waals surface area contributed by atoms with Crippen LogP contribution in [0.2, 0.25) is 8.87 Å². The van der Waals surface area contributed by atoms with Crippen molar-refractivity contribution in [3.63, 3.8) is 0 Å². The van der Waals surface area contributed by atoms with Crippen LogP contribution < -0.4 is 10.2 Å². The molecule has 0 N–H and O–H groups in total. The number of hydrogen-bond acceptors (Lipinski definition) is 6. The van der Waals surface area contributed by atoms with Gasteiger partial charge in [0.05, 0.1) is 11.9 Å². The van der Waals surface area contributed by atoms with Crippen molar-refractivity contribution >= 4 is 58.3 Å². The van der Waals surface area contributed by atoms with Gasteiger partial charge in [0.15, 0.2) is 0 Å². The van der Waals surface area contributed by atoms with Crippen LogP contribution in [0.3, 0.4) is 0 Å². The van der Waals surface area contributed by atoms with Gasteiger partial charge >= 0.3 is 69.5 Å². The molecule has 23 heavy (non-hydrogen) atoms. The summed E-state index contributed by atoms with van der Waals surface area (Å²) in [5, 5.41) is 18.3. The van der Waals surface area contributed by atoms with E-state index in [4.69, 9.17) is 0 Å². The molecular weight excluding hydrogens is 439 g/mol. The van der Waals surface area contributed by atoms with Gasteiger partial charge in [-0.1, -0.05) is 13.8 Å². The van der Waals surface area contributed by atoms with Gasteiger partial charge in [0.2, 0.25) is 0 Å². The Hall–Kier alpha value is 0.439. The Bertz CT molecular complexity index is 253. The van der Waals surface area contributed by atoms with Gasteiger partial charge in [0.25, 0.3) is 0 Å². The summed E-state index contributed by atoms with van der Waals surface area (Å²) in [6.45, 7) is 8.07. The summed E-state index contributed by atoms with van der Waals surface area (Å²) in [4.78, 5) is 19.5. The van der Waals surface area contributed by atoms with Gasteiger partial charge in [0, 0.05) is 10.5 Å². The monoisotopic (exact) mass is 472 g/mol. The molecule has 2 unspecified atom stereocenters. The van der Waals surface area contributed by atoms with Crippen LogP contribution in [0.25, 0.3) is 0 Å². The van der Waals surface area contributed by atoms with Crippen molar-refractivity contribution in [2.75, 3.05) is 0 Å². The molecule has 0 saturated carbocycles. The summed E-state index contributed by atoms with van der Waals surface area (Å²) in [6, 6.07) is 0. The third kappa shape index (κ3) is 27.6. The van der Waals surface area contributed by atoms with Gasteiger partial charge in [-0.05, 0) is 12.8 Å². The van der Waals surface area contributed by atoms with Crippen molar-refractivity contribution < 1.29 is 19.8 Å². The SMILES string of the molecule is CCC(S)C(=O)[O-].CCC(S)C(=O)[O-].CCC[CH2][Sn+2][CH2]CCC. The van der Waals surface area contributed by atoms with Gasteiger partial charge in [-0.25, -0.2) is 0 Å². The van der Waals surface area contributed by atoms with E-state index >= 15 is 0 Å². The van der Waals surface area contributed by atoms with Gasteiger partial charge in [-0.15, -0.1) is 0 Å². The maximum atomic E-state index is 9.74. The topological polar surface area (TPSA) is 80.3 Å². The van der Waals surface area contributed by atoms with Crippen molar-refractivity contribution in [3.05, 3.63) is 0 Å². The predicted octanol–water partition coefficient (Wildman–Crippen LogP) is 2.02. The molecule has 0 spiro atoms. The van der Waals surface area contributed by atoms with Crippen molar-refractivity contribution in [2.24, 2.45) is 0 Å². The van der Waals surface area contributed by atoms with Gasteiger partial charge < -0.3 is 19.8 Å². The van der Waals surface area contributed by atoms with Gasteiger partial charge in [0.1, 0.15) is 0 Å². The van der Waals surface area contributed by atoms with E-state index < -0.39 is 22.4 Å². The number of carboxylic acid groups (broad SMARTS) is 2. The van der Waals surface area contributed by atoms with E-state index in [2.05, 4.69) is 39.1 Å². The zero-order chi connectivity index (χ0) is 18.7. The fourth-order valence-corrected chi connectivity index (χ4v) is 5.22. The van der Waals surface area contributed by atoms with E-state index in [9.17, 15) is 19.8 Å². The number of carbonyl (C=O) groups excluding carboxylic acids is 2. The van der Waals surface area contributed by atoms with Crippen LogP contribution in [0.15, 0.2) is 0 Å². The molecule has 0 fully saturated rings. The van der Waals surface area contributed by atoms with E-state index in [-0.39, 0.29) is 21.1 Å². The Morgan fingerprint density at radius 3 is 1.26 bits per heavy atom. The normalized spacial score (nSPS) is 11.7. The van der Waals surface area contributed by atoms with Crippen molar-refractivity contribution in [2.45, 2.75) is 85.6 Å². The first-order valence-electron chi connectivity index (χ1n) is 8.26. The zero-order valence-corrected chi connectivity index (χ0v) is 19.5. The molecule has 0 radical (unpaired) electrons. The average Bonchev–Trinajstić information content (AvgIpc) is 2.54. The second-order valence-electron chi connectivity index (χ2n) is 4.94. The molecule has 0 aliphatic heterocycles. The summed E-state index contributed by atoms with van der Waals surface area (Å²) in [6.07, 6.45) is 6.88. The number of unbranched alkanes of at least 4 members (excludes halogenated alkanes) is 2.